The Morgan fingerprint density at radius 3 is 1.59 bits per heavy atom. The Balaban J connectivity index is 0.000000477. The minimum Gasteiger partial charge on any atom is -0.748 e. The maximum Gasteiger partial charge on any atom is 0.0916 e. The van der Waals surface area contributed by atoms with Crippen LogP contribution in [0.15, 0.2) is 105 Å². The Kier molecular flexibility index (Phi) is 22.4. The standard InChI is InChI=1S/C27H44P2.C12H10N.C5.CH4O3S.Fe.Pd/c1-21(29(26(2,3)4)27(5,6)7)24-19-14-20-25(24)28(22-15-10-8-11-16-22)23-17-12-9-13-18-23;13-12-9-5-4-8-11(12)10-6-2-1-3-7-10;1-2-4-5-3-1;1-5(2,3)4;;/h21-23H,8-13,15-18H2,1-7H3;1-6,8-9H,13H2;;1H3,(H,2,3,4);;/p-1/t21-;;;;;/m1...../s1. The number of hydrogen-bond acceptors (Lipinski definition) is 4. The zero-order chi connectivity index (χ0) is 38.4. The average molecular weight is 916 g/mol. The third-order valence-electron chi connectivity index (χ3n) is 9.35. The number of benzene rings is 2. The van der Waals surface area contributed by atoms with Crippen LogP contribution in [0.3, 0.4) is 0 Å². The minimum absolute atomic E-state index is 0. The van der Waals surface area contributed by atoms with Crippen molar-refractivity contribution in [1.29, 1.82) is 0 Å². The van der Waals surface area contributed by atoms with Gasteiger partial charge in [0.15, 0.2) is 0 Å². The molecule has 9 heteroatoms. The van der Waals surface area contributed by atoms with Gasteiger partial charge in [0.2, 0.25) is 0 Å². The summed E-state index contributed by atoms with van der Waals surface area (Å²) in [6.45, 7) is 17.3. The molecule has 54 heavy (non-hydrogen) atoms. The summed E-state index contributed by atoms with van der Waals surface area (Å²) in [5.41, 5.74) is 35.9. The molecular formula is C45H57FeNO3P2PdS-. The summed E-state index contributed by atoms with van der Waals surface area (Å²) in [6.07, 6.45) is 15.2. The molecule has 0 spiro atoms. The number of para-hydroxylation sites is 1. The van der Waals surface area contributed by atoms with Crippen molar-refractivity contribution in [1.82, 2.24) is 0 Å². The molecule has 2 saturated carbocycles. The Morgan fingerprint density at radius 1 is 0.741 bits per heavy atom. The molecular weight excluding hydrogens is 859 g/mol. The van der Waals surface area contributed by atoms with Crippen LogP contribution < -0.4 is 5.73 Å². The second-order valence-corrected chi connectivity index (χ2v) is 24.0. The molecule has 1 atom stereocenters. The molecule has 295 valence electrons. The molecule has 0 saturated heterocycles. The molecule has 4 aliphatic rings. The van der Waals surface area contributed by atoms with Crippen molar-refractivity contribution in [2.24, 2.45) is 0 Å². The fourth-order valence-corrected chi connectivity index (χ4v) is 16.7. The molecule has 2 aromatic carbocycles. The molecule has 0 unspecified atom stereocenters. The van der Waals surface area contributed by atoms with Gasteiger partial charge in [0.1, 0.15) is 0 Å². The first-order valence-corrected chi connectivity index (χ1v) is 23.3. The third-order valence-corrected chi connectivity index (χ3v) is 16.7. The van der Waals surface area contributed by atoms with Crippen LogP contribution in [-0.4, -0.2) is 46.5 Å². The smallest absolute Gasteiger partial charge is 0.0916 e. The maximum atomic E-state index is 9.08. The first kappa shape index (κ1) is 50.2. The van der Waals surface area contributed by atoms with E-state index in [0.29, 0.717) is 22.2 Å². The topological polar surface area (TPSA) is 83.2 Å². The van der Waals surface area contributed by atoms with Crippen LogP contribution in [-0.2, 0) is 47.6 Å². The summed E-state index contributed by atoms with van der Waals surface area (Å²) in [5, 5.41) is 2.29. The van der Waals surface area contributed by atoms with Crippen molar-refractivity contribution in [3.05, 3.63) is 111 Å². The fourth-order valence-electron chi connectivity index (χ4n) is 7.93. The van der Waals surface area contributed by atoms with Gasteiger partial charge < -0.3 is 10.3 Å². The van der Waals surface area contributed by atoms with Crippen molar-refractivity contribution in [2.75, 3.05) is 12.0 Å². The molecule has 0 bridgehead atoms. The summed E-state index contributed by atoms with van der Waals surface area (Å²) >= 11 is 0. The van der Waals surface area contributed by atoms with Crippen molar-refractivity contribution < 1.29 is 50.5 Å². The summed E-state index contributed by atoms with van der Waals surface area (Å²) in [4.78, 5) is 0. The van der Waals surface area contributed by atoms with Gasteiger partial charge in [0, 0.05) is 100 Å². The monoisotopic (exact) mass is 915 g/mol. The minimum atomic E-state index is -3.92. The molecule has 4 aliphatic carbocycles. The Morgan fingerprint density at radius 2 is 1.19 bits per heavy atom. The van der Waals surface area contributed by atoms with Gasteiger partial charge >= 0.3 is 0 Å². The maximum absolute atomic E-state index is 9.08. The molecule has 2 fully saturated rings. The van der Waals surface area contributed by atoms with Crippen molar-refractivity contribution in [3.63, 3.8) is 0 Å². The first-order chi connectivity index (χ1) is 24.5. The van der Waals surface area contributed by atoms with Gasteiger partial charge in [-0.15, -0.1) is 0 Å². The number of allylic oxidation sites excluding steroid dienone is 2. The van der Waals surface area contributed by atoms with Crippen molar-refractivity contribution in [3.8, 4) is 11.1 Å². The van der Waals surface area contributed by atoms with Crippen LogP contribution in [0.2, 0.25) is 0 Å². The van der Waals surface area contributed by atoms with Crippen LogP contribution in [0.25, 0.3) is 11.1 Å². The van der Waals surface area contributed by atoms with Gasteiger partial charge in [0.25, 0.3) is 0 Å². The van der Waals surface area contributed by atoms with E-state index in [-0.39, 0.29) is 53.3 Å². The second kappa shape index (κ2) is 24.1. The number of anilines is 1. The summed E-state index contributed by atoms with van der Waals surface area (Å²) in [7, 11) is -4.22. The van der Waals surface area contributed by atoms with Gasteiger partial charge in [-0.3, -0.25) is 0 Å². The molecule has 0 heterocycles. The molecule has 0 aromatic heterocycles. The number of nitrogen functional groups attached to an aromatic ring is 1. The van der Waals surface area contributed by atoms with Gasteiger partial charge in [-0.2, -0.15) is 0 Å². The molecule has 1 radical (unpaired) electrons. The zero-order valence-corrected chi connectivity index (χ0v) is 38.5. The van der Waals surface area contributed by atoms with E-state index in [1.165, 1.54) is 69.8 Å². The SMILES string of the molecule is C1=C=C=C=C=1.CS(=O)(=O)[O-].C[C@H](C1=C=C=C=C1P(C1CCCCC1)C1CCCCC1)P(C(C)(C)C)C(C)(C)C.Nc1ccccc1-c1[c]cccc1.[Fe].[Pd]. The van der Waals surface area contributed by atoms with Crippen LogP contribution >= 0.6 is 15.8 Å². The fraction of sp³-hybridized carbons (Fsp3) is 0.511. The van der Waals surface area contributed by atoms with Crippen LogP contribution in [0.4, 0.5) is 5.69 Å². The van der Waals surface area contributed by atoms with E-state index in [1.54, 1.807) is 5.31 Å². The van der Waals surface area contributed by atoms with E-state index in [1.807, 2.05) is 48.5 Å². The van der Waals surface area contributed by atoms with Gasteiger partial charge in [-0.05, 0) is 70.7 Å². The number of hydrogen-bond donors (Lipinski definition) is 1. The predicted molar refractivity (Wildman–Crippen MR) is 222 cm³/mol. The van der Waals surface area contributed by atoms with Crippen LogP contribution in [0.1, 0.15) is 113 Å². The van der Waals surface area contributed by atoms with Crippen molar-refractivity contribution in [2.45, 2.75) is 140 Å². The van der Waals surface area contributed by atoms with E-state index in [0.717, 1.165) is 28.1 Å². The average Bonchev–Trinajstić information content (AvgIpc) is 3.82. The van der Waals surface area contributed by atoms with Crippen molar-refractivity contribution >= 4 is 31.6 Å². The Bertz CT molecular complexity index is 1840. The van der Waals surface area contributed by atoms with E-state index >= 15 is 0 Å². The van der Waals surface area contributed by atoms with E-state index < -0.39 is 10.1 Å². The summed E-state index contributed by atoms with van der Waals surface area (Å²) < 4.78 is 27.2. The van der Waals surface area contributed by atoms with Crippen LogP contribution in [0, 0.1) is 6.07 Å². The van der Waals surface area contributed by atoms with E-state index in [9.17, 15) is 0 Å². The van der Waals surface area contributed by atoms with E-state index in [4.69, 9.17) is 18.7 Å². The summed E-state index contributed by atoms with van der Waals surface area (Å²) in [6, 6.07) is 18.8. The molecule has 0 amide bonds. The largest absolute Gasteiger partial charge is 0.748 e. The molecule has 4 nitrogen and oxygen atoms in total. The second-order valence-electron chi connectivity index (χ2n) is 15.7. The quantitative estimate of drug-likeness (QED) is 0.0878. The number of nitrogens with two attached hydrogens (primary N) is 1. The van der Waals surface area contributed by atoms with E-state index in [2.05, 4.69) is 100 Å². The van der Waals surface area contributed by atoms with Gasteiger partial charge in [0.05, 0.1) is 10.1 Å². The molecule has 2 N–H and O–H groups in total. The Hall–Kier alpha value is -1.83. The molecule has 6 rings (SSSR count). The molecule has 2 aromatic rings. The molecule has 0 aliphatic heterocycles. The van der Waals surface area contributed by atoms with Crippen LogP contribution in [0.5, 0.6) is 0 Å². The van der Waals surface area contributed by atoms with Gasteiger partial charge in [-0.25, -0.2) is 8.42 Å². The number of rotatable bonds is 6. The first-order valence-electron chi connectivity index (χ1n) is 18.5. The normalized spacial score (nSPS) is 16.6. The predicted octanol–water partition coefficient (Wildman–Crippen LogP) is 12.0. The zero-order valence-electron chi connectivity index (χ0n) is 33.2. The Labute approximate surface area is 354 Å². The third kappa shape index (κ3) is 17.1. The summed E-state index contributed by atoms with van der Waals surface area (Å²) in [5.74, 6) is 0. The van der Waals surface area contributed by atoms with Gasteiger partial charge in [-0.1, -0.05) is 157 Å².